The zero-order valence-electron chi connectivity index (χ0n) is 18.7. The molecule has 1 N–H and O–H groups in total. The van der Waals surface area contributed by atoms with E-state index in [9.17, 15) is 9.59 Å². The molecule has 33 heavy (non-hydrogen) atoms. The number of carbonyl (C=O) groups is 2. The molecule has 0 spiro atoms. The second-order valence-corrected chi connectivity index (χ2v) is 7.87. The molecule has 6 nitrogen and oxygen atoms in total. The number of benzene rings is 3. The van der Waals surface area contributed by atoms with Gasteiger partial charge >= 0.3 is 0 Å². The smallest absolute Gasteiger partial charge is 0.261 e. The van der Waals surface area contributed by atoms with Gasteiger partial charge < -0.3 is 19.7 Å². The molecule has 172 valence electrons. The quantitative estimate of drug-likeness (QED) is 0.488. The Bertz CT molecular complexity index is 1060. The number of nitrogens with zero attached hydrogens (tertiary/aromatic N) is 1. The first-order valence-electron chi connectivity index (χ1n) is 10.6. The highest BCUT2D eigenvalue weighted by molar-refractivity contribution is 6.30. The highest BCUT2D eigenvalue weighted by Gasteiger charge is 2.30. The van der Waals surface area contributed by atoms with Crippen molar-refractivity contribution in [1.29, 1.82) is 0 Å². The van der Waals surface area contributed by atoms with Crippen molar-refractivity contribution < 1.29 is 19.1 Å². The second kappa shape index (κ2) is 11.9. The second-order valence-electron chi connectivity index (χ2n) is 7.44. The number of nitrogens with one attached hydrogen (secondary N) is 1. The van der Waals surface area contributed by atoms with Gasteiger partial charge in [0.05, 0.1) is 7.11 Å². The van der Waals surface area contributed by atoms with Crippen LogP contribution in [0.5, 0.6) is 11.5 Å². The lowest BCUT2D eigenvalue weighted by atomic mass is 10.0. The van der Waals surface area contributed by atoms with E-state index in [1.807, 2.05) is 54.6 Å². The molecule has 0 aliphatic heterocycles. The molecule has 3 aromatic carbocycles. The van der Waals surface area contributed by atoms with Crippen LogP contribution in [0.25, 0.3) is 0 Å². The lowest BCUT2D eigenvalue weighted by molar-refractivity contribution is -0.142. The van der Waals surface area contributed by atoms with Crippen molar-refractivity contribution in [3.8, 4) is 11.5 Å². The Kier molecular flexibility index (Phi) is 8.72. The van der Waals surface area contributed by atoms with Crippen LogP contribution in [0.15, 0.2) is 78.9 Å². The third kappa shape index (κ3) is 6.99. The molecule has 0 aliphatic carbocycles. The van der Waals surface area contributed by atoms with E-state index in [0.717, 1.165) is 11.1 Å². The van der Waals surface area contributed by atoms with Crippen molar-refractivity contribution in [3.05, 3.63) is 95.0 Å². The Labute approximate surface area is 199 Å². The number of ether oxygens (including phenoxy) is 2. The van der Waals surface area contributed by atoms with Crippen molar-refractivity contribution in [2.45, 2.75) is 19.0 Å². The summed E-state index contributed by atoms with van der Waals surface area (Å²) in [6, 6.07) is 23.1. The summed E-state index contributed by atoms with van der Waals surface area (Å²) in [4.78, 5) is 27.8. The van der Waals surface area contributed by atoms with E-state index >= 15 is 0 Å². The highest BCUT2D eigenvalue weighted by Crippen LogP contribution is 2.20. The van der Waals surface area contributed by atoms with E-state index < -0.39 is 6.04 Å². The molecule has 0 aliphatic rings. The summed E-state index contributed by atoms with van der Waals surface area (Å²) in [5, 5.41) is 3.28. The monoisotopic (exact) mass is 466 g/mol. The number of carbonyl (C=O) groups excluding carboxylic acids is 2. The van der Waals surface area contributed by atoms with Gasteiger partial charge in [-0.25, -0.2) is 0 Å². The van der Waals surface area contributed by atoms with Crippen LogP contribution in [-0.4, -0.2) is 43.5 Å². The minimum Gasteiger partial charge on any atom is -0.497 e. The summed E-state index contributed by atoms with van der Waals surface area (Å²) in [7, 11) is 3.16. The molecule has 0 fully saturated rings. The Balaban J connectivity index is 1.87. The largest absolute Gasteiger partial charge is 0.497 e. The number of rotatable bonds is 10. The van der Waals surface area contributed by atoms with Gasteiger partial charge in [0.2, 0.25) is 5.91 Å². The fourth-order valence-electron chi connectivity index (χ4n) is 3.45. The lowest BCUT2D eigenvalue weighted by Gasteiger charge is -2.31. The summed E-state index contributed by atoms with van der Waals surface area (Å²) in [5.41, 5.74) is 1.80. The highest BCUT2D eigenvalue weighted by atomic mass is 35.5. The standard InChI is InChI=1S/C26H27ClN2O4/c1-28-26(31)24(16-19-7-4-3-5-8-19)29(17-20-9-6-10-23(15-20)32-2)25(30)18-33-22-13-11-21(27)12-14-22/h3-15,24H,16-18H2,1-2H3,(H,28,31)/t24-/m1/s1. The van der Waals surface area contributed by atoms with Gasteiger partial charge in [0.25, 0.3) is 5.91 Å². The van der Waals surface area contributed by atoms with Crippen LogP contribution in [0.4, 0.5) is 0 Å². The molecule has 3 rings (SSSR count). The van der Waals surface area contributed by atoms with E-state index in [1.165, 1.54) is 0 Å². The van der Waals surface area contributed by atoms with Gasteiger partial charge in [-0.15, -0.1) is 0 Å². The van der Waals surface area contributed by atoms with Gasteiger partial charge in [0.15, 0.2) is 6.61 Å². The van der Waals surface area contributed by atoms with E-state index in [2.05, 4.69) is 5.32 Å². The Morgan fingerprint density at radius 1 is 0.939 bits per heavy atom. The molecule has 0 bridgehead atoms. The van der Waals surface area contributed by atoms with Crippen LogP contribution >= 0.6 is 11.6 Å². The molecule has 0 heterocycles. The van der Waals surface area contributed by atoms with Gasteiger partial charge in [0, 0.05) is 25.0 Å². The summed E-state index contributed by atoms with van der Waals surface area (Å²) in [6.07, 6.45) is 0.372. The predicted octanol–water partition coefficient (Wildman–Crippen LogP) is 4.11. The molecule has 2 amide bonds. The topological polar surface area (TPSA) is 67.9 Å². The Morgan fingerprint density at radius 2 is 1.64 bits per heavy atom. The summed E-state index contributed by atoms with van der Waals surface area (Å²) >= 11 is 5.92. The number of likely N-dealkylation sites (N-methyl/N-ethyl adjacent to an activating group) is 1. The summed E-state index contributed by atoms with van der Waals surface area (Å²) in [5.74, 6) is 0.643. The summed E-state index contributed by atoms with van der Waals surface area (Å²) < 4.78 is 11.0. The minimum absolute atomic E-state index is 0.214. The summed E-state index contributed by atoms with van der Waals surface area (Å²) in [6.45, 7) is 0.0127. The molecule has 0 saturated carbocycles. The molecule has 0 aromatic heterocycles. The van der Waals surface area contributed by atoms with Crippen molar-refractivity contribution in [2.24, 2.45) is 0 Å². The number of hydrogen-bond donors (Lipinski definition) is 1. The average molecular weight is 467 g/mol. The molecular weight excluding hydrogens is 440 g/mol. The molecule has 3 aromatic rings. The first-order chi connectivity index (χ1) is 16.0. The van der Waals surface area contributed by atoms with Gasteiger partial charge in [-0.3, -0.25) is 9.59 Å². The van der Waals surface area contributed by atoms with E-state index in [1.54, 1.807) is 43.3 Å². The molecule has 1 atom stereocenters. The number of halogens is 1. The zero-order valence-corrected chi connectivity index (χ0v) is 19.4. The van der Waals surface area contributed by atoms with Gasteiger partial charge in [-0.1, -0.05) is 54.1 Å². The van der Waals surface area contributed by atoms with Crippen molar-refractivity contribution >= 4 is 23.4 Å². The third-order valence-corrected chi connectivity index (χ3v) is 5.43. The molecule has 7 heteroatoms. The van der Waals surface area contributed by atoms with Crippen molar-refractivity contribution in [1.82, 2.24) is 10.2 Å². The van der Waals surface area contributed by atoms with Crippen LogP contribution in [0.2, 0.25) is 5.02 Å². The minimum atomic E-state index is -0.718. The fraction of sp³-hybridized carbons (Fsp3) is 0.231. The SMILES string of the molecule is CNC(=O)[C@@H](Cc1ccccc1)N(Cc1cccc(OC)c1)C(=O)COc1ccc(Cl)cc1. The number of methoxy groups -OCH3 is 1. The first-order valence-corrected chi connectivity index (χ1v) is 10.9. The molecule has 0 saturated heterocycles. The fourth-order valence-corrected chi connectivity index (χ4v) is 3.57. The van der Waals surface area contributed by atoms with Crippen LogP contribution in [0.1, 0.15) is 11.1 Å². The Hall–Kier alpha value is -3.51. The maximum atomic E-state index is 13.4. The average Bonchev–Trinajstić information content (AvgIpc) is 2.86. The van der Waals surface area contributed by atoms with E-state index in [-0.39, 0.29) is 25.0 Å². The van der Waals surface area contributed by atoms with E-state index in [0.29, 0.717) is 22.9 Å². The molecule has 0 radical (unpaired) electrons. The molecule has 0 unspecified atom stereocenters. The zero-order chi connectivity index (χ0) is 23.6. The maximum absolute atomic E-state index is 13.4. The van der Waals surface area contributed by atoms with Crippen LogP contribution < -0.4 is 14.8 Å². The van der Waals surface area contributed by atoms with Gasteiger partial charge in [-0.05, 0) is 47.5 Å². The van der Waals surface area contributed by atoms with Gasteiger partial charge in [0.1, 0.15) is 17.5 Å². The van der Waals surface area contributed by atoms with Crippen LogP contribution in [-0.2, 0) is 22.6 Å². The molecular formula is C26H27ClN2O4. The van der Waals surface area contributed by atoms with Crippen molar-refractivity contribution in [3.63, 3.8) is 0 Å². The van der Waals surface area contributed by atoms with Crippen LogP contribution in [0, 0.1) is 0 Å². The van der Waals surface area contributed by atoms with Crippen LogP contribution in [0.3, 0.4) is 0 Å². The first kappa shape index (κ1) is 24.1. The van der Waals surface area contributed by atoms with Crippen molar-refractivity contribution in [2.75, 3.05) is 20.8 Å². The normalized spacial score (nSPS) is 11.4. The maximum Gasteiger partial charge on any atom is 0.261 e. The Morgan fingerprint density at radius 3 is 2.30 bits per heavy atom. The lowest BCUT2D eigenvalue weighted by Crippen LogP contribution is -2.51. The van der Waals surface area contributed by atoms with Gasteiger partial charge in [-0.2, -0.15) is 0 Å². The predicted molar refractivity (Wildman–Crippen MR) is 128 cm³/mol. The number of hydrogen-bond acceptors (Lipinski definition) is 4. The third-order valence-electron chi connectivity index (χ3n) is 5.18. The number of amides is 2. The van der Waals surface area contributed by atoms with E-state index in [4.69, 9.17) is 21.1 Å².